The van der Waals surface area contributed by atoms with Crippen LogP contribution in [-0.4, -0.2) is 22.6 Å². The van der Waals surface area contributed by atoms with E-state index in [4.69, 9.17) is 22.1 Å². The van der Waals surface area contributed by atoms with Crippen LogP contribution >= 0.6 is 23.4 Å². The fourth-order valence-electron chi connectivity index (χ4n) is 2.07. The van der Waals surface area contributed by atoms with Crippen LogP contribution < -0.4 is 10.5 Å². The topological polar surface area (TPSA) is 53.1 Å². The van der Waals surface area contributed by atoms with Crippen molar-refractivity contribution in [3.63, 3.8) is 0 Å². The molecule has 0 saturated heterocycles. The summed E-state index contributed by atoms with van der Waals surface area (Å²) < 4.78 is 7.30. The zero-order valence-corrected chi connectivity index (χ0v) is 14.0. The Bertz CT molecular complexity index is 583. The van der Waals surface area contributed by atoms with Crippen LogP contribution in [0.3, 0.4) is 0 Å². The van der Waals surface area contributed by atoms with Crippen LogP contribution in [0, 0.1) is 0 Å². The van der Waals surface area contributed by atoms with Crippen LogP contribution in [0.4, 0.5) is 0 Å². The fourth-order valence-corrected chi connectivity index (χ4v) is 3.06. The summed E-state index contributed by atoms with van der Waals surface area (Å²) in [6.45, 7) is 4.16. The molecule has 1 atom stereocenters. The molecule has 1 unspecified atom stereocenters. The number of halogens is 1. The Morgan fingerprint density at radius 3 is 2.57 bits per heavy atom. The lowest BCUT2D eigenvalue weighted by Crippen LogP contribution is -2.20. The van der Waals surface area contributed by atoms with Crippen LogP contribution in [0.15, 0.2) is 35.4 Å². The van der Waals surface area contributed by atoms with Gasteiger partial charge < -0.3 is 10.5 Å². The minimum absolute atomic E-state index is 0.148. The van der Waals surface area contributed by atoms with Crippen LogP contribution in [0.5, 0.6) is 5.75 Å². The molecule has 0 fully saturated rings. The van der Waals surface area contributed by atoms with E-state index in [1.807, 2.05) is 28.9 Å². The van der Waals surface area contributed by atoms with Gasteiger partial charge in [0.2, 0.25) is 0 Å². The van der Waals surface area contributed by atoms with Gasteiger partial charge in [0, 0.05) is 21.7 Å². The number of hydrogen-bond donors (Lipinski definition) is 1. The lowest BCUT2D eigenvalue weighted by Gasteiger charge is -2.17. The number of hydrogen-bond acceptors (Lipinski definition) is 4. The van der Waals surface area contributed by atoms with Crippen molar-refractivity contribution in [2.24, 2.45) is 5.73 Å². The summed E-state index contributed by atoms with van der Waals surface area (Å²) in [5, 5.41) is 5.10. The van der Waals surface area contributed by atoms with Gasteiger partial charge in [0.1, 0.15) is 0 Å². The number of nitrogens with two attached hydrogens (primary N) is 1. The predicted molar refractivity (Wildman–Crippen MR) is 88.3 cm³/mol. The van der Waals surface area contributed by atoms with Crippen molar-refractivity contribution in [2.45, 2.75) is 30.8 Å². The molecule has 6 heteroatoms. The fraction of sp³-hybridized carbons (Fsp3) is 0.400. The van der Waals surface area contributed by atoms with Crippen LogP contribution in [-0.2, 0) is 0 Å². The van der Waals surface area contributed by atoms with Gasteiger partial charge in [-0.1, -0.05) is 11.6 Å². The summed E-state index contributed by atoms with van der Waals surface area (Å²) in [5.74, 6) is 1.49. The van der Waals surface area contributed by atoms with E-state index in [0.29, 0.717) is 0 Å². The zero-order valence-electron chi connectivity index (χ0n) is 12.4. The van der Waals surface area contributed by atoms with Crippen LogP contribution in [0.2, 0.25) is 5.02 Å². The number of thioether (sulfide) groups is 1. The van der Waals surface area contributed by atoms with Crippen molar-refractivity contribution < 1.29 is 4.74 Å². The quantitative estimate of drug-likeness (QED) is 0.818. The molecule has 0 saturated carbocycles. The molecule has 1 heterocycles. The summed E-state index contributed by atoms with van der Waals surface area (Å²) in [6.07, 6.45) is 1.72. The second-order valence-electron chi connectivity index (χ2n) is 5.01. The summed E-state index contributed by atoms with van der Waals surface area (Å²) in [6, 6.07) is 7.86. The van der Waals surface area contributed by atoms with Crippen molar-refractivity contribution in [1.29, 1.82) is 0 Å². The van der Waals surface area contributed by atoms with Crippen LogP contribution in [0.25, 0.3) is 0 Å². The zero-order chi connectivity index (χ0) is 15.4. The van der Waals surface area contributed by atoms with Crippen molar-refractivity contribution in [3.8, 4) is 5.75 Å². The van der Waals surface area contributed by atoms with Gasteiger partial charge in [-0.2, -0.15) is 5.10 Å². The second kappa shape index (κ2) is 7.20. The molecule has 0 aliphatic carbocycles. The van der Waals surface area contributed by atoms with E-state index < -0.39 is 0 Å². The first-order valence-electron chi connectivity index (χ1n) is 6.78. The lowest BCUT2D eigenvalue weighted by atomic mass is 10.2. The molecule has 1 aromatic carbocycles. The highest BCUT2D eigenvalue weighted by Gasteiger charge is 2.20. The van der Waals surface area contributed by atoms with Crippen molar-refractivity contribution in [2.75, 3.05) is 12.9 Å². The maximum atomic E-state index is 6.34. The molecule has 21 heavy (non-hydrogen) atoms. The van der Waals surface area contributed by atoms with Crippen LogP contribution in [0.1, 0.15) is 31.6 Å². The Labute approximate surface area is 134 Å². The standard InChI is InChI=1S/C15H20ClN3OS/c1-10(2)19-15(14(20-3)8-18-19)13(17)9-21-12-6-4-11(16)5-7-12/h4-8,10,13H,9,17H2,1-3H3. The van der Waals surface area contributed by atoms with E-state index in [1.165, 1.54) is 0 Å². The lowest BCUT2D eigenvalue weighted by molar-refractivity contribution is 0.399. The number of nitrogens with zero attached hydrogens (tertiary/aromatic N) is 2. The summed E-state index contributed by atoms with van der Waals surface area (Å²) >= 11 is 7.58. The molecule has 0 aliphatic heterocycles. The molecule has 1 aromatic heterocycles. The second-order valence-corrected chi connectivity index (χ2v) is 6.54. The summed E-state index contributed by atoms with van der Waals surface area (Å²) in [5.41, 5.74) is 7.28. The molecule has 0 radical (unpaired) electrons. The highest BCUT2D eigenvalue weighted by Crippen LogP contribution is 2.30. The third-order valence-corrected chi connectivity index (χ3v) is 4.49. The number of benzene rings is 1. The third kappa shape index (κ3) is 3.93. The number of methoxy groups -OCH3 is 1. The van der Waals surface area contributed by atoms with Gasteiger partial charge in [-0.3, -0.25) is 4.68 Å². The first-order valence-corrected chi connectivity index (χ1v) is 8.14. The largest absolute Gasteiger partial charge is 0.493 e. The smallest absolute Gasteiger partial charge is 0.161 e. The molecule has 2 N–H and O–H groups in total. The molecule has 0 spiro atoms. The van der Waals surface area contributed by atoms with Crippen molar-refractivity contribution in [1.82, 2.24) is 9.78 Å². The minimum atomic E-state index is -0.148. The average molecular weight is 326 g/mol. The van der Waals surface area contributed by atoms with E-state index in [-0.39, 0.29) is 12.1 Å². The summed E-state index contributed by atoms with van der Waals surface area (Å²) in [7, 11) is 1.64. The first-order chi connectivity index (χ1) is 10.0. The van der Waals surface area contributed by atoms with Crippen molar-refractivity contribution in [3.05, 3.63) is 41.2 Å². The first kappa shape index (κ1) is 16.2. The van der Waals surface area contributed by atoms with Gasteiger partial charge in [0.25, 0.3) is 0 Å². The Morgan fingerprint density at radius 2 is 2.00 bits per heavy atom. The molecule has 114 valence electrons. The van der Waals surface area contributed by atoms with Gasteiger partial charge in [-0.25, -0.2) is 0 Å². The Balaban J connectivity index is 2.11. The SMILES string of the molecule is COc1cnn(C(C)C)c1C(N)CSc1ccc(Cl)cc1. The minimum Gasteiger partial charge on any atom is -0.493 e. The van der Waals surface area contributed by atoms with E-state index in [9.17, 15) is 0 Å². The van der Waals surface area contributed by atoms with Gasteiger partial charge in [0.05, 0.1) is 25.0 Å². The average Bonchev–Trinajstić information content (AvgIpc) is 2.90. The molecular formula is C15H20ClN3OS. The van der Waals surface area contributed by atoms with E-state index in [0.717, 1.165) is 27.1 Å². The van der Waals surface area contributed by atoms with Gasteiger partial charge in [-0.05, 0) is 38.1 Å². The van der Waals surface area contributed by atoms with Gasteiger partial charge in [0.15, 0.2) is 5.75 Å². The molecule has 0 amide bonds. The van der Waals surface area contributed by atoms with E-state index >= 15 is 0 Å². The van der Waals surface area contributed by atoms with Crippen molar-refractivity contribution >= 4 is 23.4 Å². The highest BCUT2D eigenvalue weighted by molar-refractivity contribution is 7.99. The molecule has 0 bridgehead atoms. The molecule has 2 aromatic rings. The number of rotatable bonds is 6. The third-order valence-electron chi connectivity index (χ3n) is 3.10. The predicted octanol–water partition coefficient (Wildman–Crippen LogP) is 3.92. The van der Waals surface area contributed by atoms with Gasteiger partial charge in [-0.15, -0.1) is 11.8 Å². The Kier molecular flexibility index (Phi) is 5.56. The highest BCUT2D eigenvalue weighted by atomic mass is 35.5. The Morgan fingerprint density at radius 1 is 1.33 bits per heavy atom. The van der Waals surface area contributed by atoms with E-state index in [2.05, 4.69) is 18.9 Å². The number of aromatic nitrogens is 2. The Hall–Kier alpha value is -1.17. The normalized spacial score (nSPS) is 12.7. The van der Waals surface area contributed by atoms with E-state index in [1.54, 1.807) is 25.1 Å². The molecule has 0 aliphatic rings. The maximum absolute atomic E-state index is 6.34. The van der Waals surface area contributed by atoms with Gasteiger partial charge >= 0.3 is 0 Å². The molecule has 2 rings (SSSR count). The molecular weight excluding hydrogens is 306 g/mol. The monoisotopic (exact) mass is 325 g/mol. The molecule has 4 nitrogen and oxygen atoms in total. The summed E-state index contributed by atoms with van der Waals surface area (Å²) in [4.78, 5) is 1.14. The number of ether oxygens (including phenoxy) is 1. The maximum Gasteiger partial charge on any atom is 0.161 e.